The number of hydrogen-bond donors (Lipinski definition) is 2. The molecule has 1 atom stereocenters. The van der Waals surface area contributed by atoms with Gasteiger partial charge in [0, 0.05) is 12.6 Å². The summed E-state index contributed by atoms with van der Waals surface area (Å²) in [6.07, 6.45) is 5.59. The molecule has 1 aromatic rings. The van der Waals surface area contributed by atoms with Crippen LogP contribution in [-0.4, -0.2) is 29.1 Å². The van der Waals surface area contributed by atoms with E-state index < -0.39 is 0 Å². The lowest BCUT2D eigenvalue weighted by molar-refractivity contribution is 0.574. The third kappa shape index (κ3) is 2.92. The lowest BCUT2D eigenvalue weighted by atomic mass is 10.1. The van der Waals surface area contributed by atoms with Gasteiger partial charge in [0.2, 0.25) is 0 Å². The predicted octanol–water partition coefficient (Wildman–Crippen LogP) is 1.65. The van der Waals surface area contributed by atoms with Crippen LogP contribution in [0.25, 0.3) is 0 Å². The van der Waals surface area contributed by atoms with E-state index in [1.807, 2.05) is 20.0 Å². The number of nitrogens with one attached hydrogen (secondary N) is 2. The quantitative estimate of drug-likeness (QED) is 0.810. The minimum Gasteiger partial charge on any atom is -0.369 e. The Labute approximate surface area is 96.9 Å². The molecule has 0 amide bonds. The van der Waals surface area contributed by atoms with Crippen molar-refractivity contribution in [1.29, 1.82) is 0 Å². The van der Waals surface area contributed by atoms with E-state index in [2.05, 4.69) is 20.6 Å². The smallest absolute Gasteiger partial charge is 0.144 e. The maximum atomic E-state index is 4.44. The van der Waals surface area contributed by atoms with E-state index in [0.717, 1.165) is 30.2 Å². The molecule has 16 heavy (non-hydrogen) atoms. The van der Waals surface area contributed by atoms with Crippen LogP contribution in [0, 0.1) is 13.8 Å². The molecule has 2 heterocycles. The second-order valence-electron chi connectivity index (χ2n) is 4.43. The van der Waals surface area contributed by atoms with Gasteiger partial charge >= 0.3 is 0 Å². The first-order valence-electron chi connectivity index (χ1n) is 6.03. The average Bonchev–Trinajstić information content (AvgIpc) is 2.76. The largest absolute Gasteiger partial charge is 0.369 e. The molecular formula is C12H20N4. The summed E-state index contributed by atoms with van der Waals surface area (Å²) in [5, 5.41) is 6.81. The Hall–Kier alpha value is -1.16. The standard InChI is InChI=1S/C12H20N4/c1-9-10(2)16-12(8-15-9)14-7-5-11-4-3-6-13-11/h8,11,13H,3-7H2,1-2H3,(H,14,16)/t11-/m1/s1. The molecule has 4 heteroatoms. The molecule has 1 aliphatic rings. The van der Waals surface area contributed by atoms with Crippen molar-refractivity contribution in [2.75, 3.05) is 18.4 Å². The molecule has 1 aliphatic heterocycles. The summed E-state index contributed by atoms with van der Waals surface area (Å²) in [5.41, 5.74) is 2.01. The highest BCUT2D eigenvalue weighted by molar-refractivity contribution is 5.33. The van der Waals surface area contributed by atoms with E-state index in [1.165, 1.54) is 19.4 Å². The summed E-state index contributed by atoms with van der Waals surface area (Å²) in [4.78, 5) is 8.73. The molecule has 88 valence electrons. The second-order valence-corrected chi connectivity index (χ2v) is 4.43. The lowest BCUT2D eigenvalue weighted by Gasteiger charge is -2.11. The molecule has 0 aliphatic carbocycles. The van der Waals surface area contributed by atoms with Gasteiger partial charge < -0.3 is 10.6 Å². The third-order valence-electron chi connectivity index (χ3n) is 3.15. The Morgan fingerprint density at radius 3 is 3.00 bits per heavy atom. The molecule has 0 saturated carbocycles. The average molecular weight is 220 g/mol. The summed E-state index contributed by atoms with van der Waals surface area (Å²) in [6, 6.07) is 0.687. The summed E-state index contributed by atoms with van der Waals surface area (Å²) in [6.45, 7) is 6.11. The van der Waals surface area contributed by atoms with Crippen molar-refractivity contribution >= 4 is 5.82 Å². The van der Waals surface area contributed by atoms with E-state index in [0.29, 0.717) is 6.04 Å². The molecular weight excluding hydrogens is 200 g/mol. The van der Waals surface area contributed by atoms with Crippen LogP contribution < -0.4 is 10.6 Å². The number of hydrogen-bond acceptors (Lipinski definition) is 4. The van der Waals surface area contributed by atoms with Crippen molar-refractivity contribution in [3.63, 3.8) is 0 Å². The van der Waals surface area contributed by atoms with Gasteiger partial charge in [0.25, 0.3) is 0 Å². The van der Waals surface area contributed by atoms with Crippen LogP contribution in [0.15, 0.2) is 6.20 Å². The van der Waals surface area contributed by atoms with Gasteiger partial charge in [-0.3, -0.25) is 4.98 Å². The van der Waals surface area contributed by atoms with E-state index in [-0.39, 0.29) is 0 Å². The second kappa shape index (κ2) is 5.25. The monoisotopic (exact) mass is 220 g/mol. The zero-order valence-electron chi connectivity index (χ0n) is 10.1. The van der Waals surface area contributed by atoms with E-state index >= 15 is 0 Å². The van der Waals surface area contributed by atoms with Crippen LogP contribution in [0.2, 0.25) is 0 Å². The SMILES string of the molecule is Cc1ncc(NCC[C@H]2CCCN2)nc1C. The first-order valence-corrected chi connectivity index (χ1v) is 6.03. The van der Waals surface area contributed by atoms with Gasteiger partial charge in [-0.1, -0.05) is 0 Å². The molecule has 0 radical (unpaired) electrons. The first-order chi connectivity index (χ1) is 7.75. The van der Waals surface area contributed by atoms with Gasteiger partial charge in [-0.15, -0.1) is 0 Å². The summed E-state index contributed by atoms with van der Waals surface area (Å²) in [7, 11) is 0. The van der Waals surface area contributed by atoms with E-state index in [4.69, 9.17) is 0 Å². The number of anilines is 1. The maximum absolute atomic E-state index is 4.44. The van der Waals surface area contributed by atoms with Crippen molar-refractivity contribution < 1.29 is 0 Å². The van der Waals surface area contributed by atoms with Crippen molar-refractivity contribution in [1.82, 2.24) is 15.3 Å². The van der Waals surface area contributed by atoms with Crippen molar-refractivity contribution in [3.05, 3.63) is 17.6 Å². The highest BCUT2D eigenvalue weighted by Gasteiger charge is 2.12. The Balaban J connectivity index is 1.78. The summed E-state index contributed by atoms with van der Waals surface area (Å²) in [5.74, 6) is 0.890. The molecule has 0 unspecified atom stereocenters. The van der Waals surface area contributed by atoms with Crippen molar-refractivity contribution in [2.24, 2.45) is 0 Å². The normalized spacial score (nSPS) is 20.0. The predicted molar refractivity (Wildman–Crippen MR) is 65.6 cm³/mol. The van der Waals surface area contributed by atoms with Crippen LogP contribution in [0.1, 0.15) is 30.7 Å². The molecule has 0 spiro atoms. The minimum atomic E-state index is 0.687. The van der Waals surface area contributed by atoms with Gasteiger partial charge in [0.1, 0.15) is 5.82 Å². The molecule has 2 N–H and O–H groups in total. The van der Waals surface area contributed by atoms with Crippen LogP contribution in [0.3, 0.4) is 0 Å². The molecule has 4 nitrogen and oxygen atoms in total. The third-order valence-corrected chi connectivity index (χ3v) is 3.15. The molecule has 1 saturated heterocycles. The Kier molecular flexibility index (Phi) is 3.72. The fourth-order valence-corrected chi connectivity index (χ4v) is 2.00. The van der Waals surface area contributed by atoms with E-state index in [1.54, 1.807) is 0 Å². The molecule has 1 aromatic heterocycles. The molecule has 0 aromatic carbocycles. The number of nitrogens with zero attached hydrogens (tertiary/aromatic N) is 2. The Morgan fingerprint density at radius 2 is 2.31 bits per heavy atom. The lowest BCUT2D eigenvalue weighted by Crippen LogP contribution is -2.24. The molecule has 0 bridgehead atoms. The Morgan fingerprint density at radius 1 is 1.44 bits per heavy atom. The zero-order chi connectivity index (χ0) is 11.4. The number of aromatic nitrogens is 2. The van der Waals surface area contributed by atoms with Crippen molar-refractivity contribution in [3.8, 4) is 0 Å². The highest BCUT2D eigenvalue weighted by Crippen LogP contribution is 2.10. The van der Waals surface area contributed by atoms with Gasteiger partial charge in [-0.25, -0.2) is 4.98 Å². The summed E-state index contributed by atoms with van der Waals surface area (Å²) < 4.78 is 0. The highest BCUT2D eigenvalue weighted by atomic mass is 15.0. The van der Waals surface area contributed by atoms with Crippen LogP contribution in [-0.2, 0) is 0 Å². The van der Waals surface area contributed by atoms with Gasteiger partial charge in [-0.05, 0) is 39.7 Å². The van der Waals surface area contributed by atoms with E-state index in [9.17, 15) is 0 Å². The number of rotatable bonds is 4. The van der Waals surface area contributed by atoms with Crippen LogP contribution >= 0.6 is 0 Å². The van der Waals surface area contributed by atoms with Gasteiger partial charge in [0.05, 0.1) is 17.6 Å². The molecule has 1 fully saturated rings. The minimum absolute atomic E-state index is 0.687. The number of aryl methyl sites for hydroxylation is 2. The van der Waals surface area contributed by atoms with Gasteiger partial charge in [-0.2, -0.15) is 0 Å². The zero-order valence-corrected chi connectivity index (χ0v) is 10.1. The van der Waals surface area contributed by atoms with Crippen LogP contribution in [0.5, 0.6) is 0 Å². The maximum Gasteiger partial charge on any atom is 0.144 e. The van der Waals surface area contributed by atoms with Crippen molar-refractivity contribution in [2.45, 2.75) is 39.2 Å². The fraction of sp³-hybridized carbons (Fsp3) is 0.667. The van der Waals surface area contributed by atoms with Crippen LogP contribution in [0.4, 0.5) is 5.82 Å². The topological polar surface area (TPSA) is 49.8 Å². The Bertz CT molecular complexity index is 345. The fourth-order valence-electron chi connectivity index (χ4n) is 2.00. The first kappa shape index (κ1) is 11.3. The van der Waals surface area contributed by atoms with Gasteiger partial charge in [0.15, 0.2) is 0 Å². The molecule has 2 rings (SSSR count). The summed E-state index contributed by atoms with van der Waals surface area (Å²) >= 11 is 0.